The lowest BCUT2D eigenvalue weighted by Gasteiger charge is -2.16. The number of hydrogen-bond acceptors (Lipinski definition) is 6. The highest BCUT2D eigenvalue weighted by molar-refractivity contribution is 5.74. The first kappa shape index (κ1) is 14.0. The zero-order chi connectivity index (χ0) is 16.0. The Kier molecular flexibility index (Phi) is 3.00. The summed E-state index contributed by atoms with van der Waals surface area (Å²) in [7, 11) is 0. The van der Waals surface area contributed by atoms with Crippen LogP contribution in [0.15, 0.2) is 24.3 Å². The van der Waals surface area contributed by atoms with Crippen molar-refractivity contribution in [1.29, 1.82) is 0 Å². The first-order valence-electron chi connectivity index (χ1n) is 7.30. The zero-order valence-corrected chi connectivity index (χ0v) is 12.1. The number of alkyl halides is 2. The van der Waals surface area contributed by atoms with E-state index in [1.54, 1.807) is 12.1 Å². The Morgan fingerprint density at radius 3 is 2.70 bits per heavy atom. The minimum atomic E-state index is -3.67. The normalized spacial score (nSPS) is 18.4. The lowest BCUT2D eigenvalue weighted by atomic mass is 10.1. The predicted octanol–water partition coefficient (Wildman–Crippen LogP) is 2.65. The van der Waals surface area contributed by atoms with Gasteiger partial charge in [-0.3, -0.25) is 0 Å². The fourth-order valence-corrected chi connectivity index (χ4v) is 2.82. The predicted molar refractivity (Wildman–Crippen MR) is 79.5 cm³/mol. The highest BCUT2D eigenvalue weighted by Crippen LogP contribution is 2.46. The third-order valence-electron chi connectivity index (χ3n) is 3.83. The van der Waals surface area contributed by atoms with Crippen LogP contribution >= 0.6 is 0 Å². The molecule has 0 radical (unpaired) electrons. The Bertz CT molecular complexity index is 763. The van der Waals surface area contributed by atoms with Gasteiger partial charge in [0, 0.05) is 24.7 Å². The van der Waals surface area contributed by atoms with E-state index in [1.165, 1.54) is 12.1 Å². The van der Waals surface area contributed by atoms with Crippen molar-refractivity contribution in [3.63, 3.8) is 0 Å². The van der Waals surface area contributed by atoms with Gasteiger partial charge in [-0.2, -0.15) is 4.98 Å². The molecule has 0 aliphatic carbocycles. The lowest BCUT2D eigenvalue weighted by Crippen LogP contribution is -2.26. The van der Waals surface area contributed by atoms with E-state index < -0.39 is 6.29 Å². The first-order chi connectivity index (χ1) is 11.0. The molecule has 8 heteroatoms. The molecule has 1 aromatic heterocycles. The maximum absolute atomic E-state index is 13.3. The molecular weight excluding hydrogens is 306 g/mol. The standard InChI is InChI=1S/C15H14F2N4O2/c16-15(17)22-11-5-3-4-9(13(11)23-15)10-8-12(18)20-14(19-10)21-6-1-2-7-21/h3-5,8H,1-2,6-7H2,(H2,18,19,20). The van der Waals surface area contributed by atoms with Crippen LogP contribution in [0.2, 0.25) is 0 Å². The topological polar surface area (TPSA) is 73.5 Å². The number of halogens is 2. The molecule has 0 spiro atoms. The smallest absolute Gasteiger partial charge is 0.395 e. The maximum atomic E-state index is 13.3. The summed E-state index contributed by atoms with van der Waals surface area (Å²) in [6.07, 6.45) is -1.54. The molecule has 1 saturated heterocycles. The number of anilines is 2. The van der Waals surface area contributed by atoms with Gasteiger partial charge >= 0.3 is 6.29 Å². The van der Waals surface area contributed by atoms with E-state index in [0.717, 1.165) is 25.9 Å². The van der Waals surface area contributed by atoms with Crippen molar-refractivity contribution in [3.8, 4) is 22.8 Å². The number of fused-ring (bicyclic) bond motifs is 1. The van der Waals surface area contributed by atoms with Crippen LogP contribution in [0, 0.1) is 0 Å². The molecule has 3 heterocycles. The number of nitrogens with zero attached hydrogens (tertiary/aromatic N) is 3. The third-order valence-corrected chi connectivity index (χ3v) is 3.83. The van der Waals surface area contributed by atoms with Crippen LogP contribution in [0.3, 0.4) is 0 Å². The maximum Gasteiger partial charge on any atom is 0.586 e. The van der Waals surface area contributed by atoms with Gasteiger partial charge in [0.05, 0.1) is 5.69 Å². The second-order valence-electron chi connectivity index (χ2n) is 5.47. The number of nitrogen functional groups attached to an aromatic ring is 1. The Morgan fingerprint density at radius 1 is 1.13 bits per heavy atom. The molecule has 0 amide bonds. The van der Waals surface area contributed by atoms with Crippen molar-refractivity contribution in [2.45, 2.75) is 19.1 Å². The molecule has 1 fully saturated rings. The molecule has 120 valence electrons. The van der Waals surface area contributed by atoms with Gasteiger partial charge in [0.2, 0.25) is 5.95 Å². The number of aromatic nitrogens is 2. The molecule has 1 aromatic carbocycles. The van der Waals surface area contributed by atoms with Crippen molar-refractivity contribution in [2.75, 3.05) is 23.7 Å². The van der Waals surface area contributed by atoms with Crippen LogP contribution in [0.5, 0.6) is 11.5 Å². The fourth-order valence-electron chi connectivity index (χ4n) is 2.82. The van der Waals surface area contributed by atoms with Gasteiger partial charge in [0.1, 0.15) is 5.82 Å². The molecule has 0 unspecified atom stereocenters. The number of nitrogens with two attached hydrogens (primary N) is 1. The monoisotopic (exact) mass is 320 g/mol. The van der Waals surface area contributed by atoms with E-state index in [2.05, 4.69) is 19.4 Å². The molecule has 0 atom stereocenters. The van der Waals surface area contributed by atoms with E-state index in [4.69, 9.17) is 5.73 Å². The van der Waals surface area contributed by atoms with Crippen LogP contribution in [0.1, 0.15) is 12.8 Å². The second-order valence-corrected chi connectivity index (χ2v) is 5.47. The number of benzene rings is 1. The van der Waals surface area contributed by atoms with Gasteiger partial charge in [-0.05, 0) is 25.0 Å². The lowest BCUT2D eigenvalue weighted by molar-refractivity contribution is -0.286. The van der Waals surface area contributed by atoms with Gasteiger partial charge < -0.3 is 20.1 Å². The van der Waals surface area contributed by atoms with Crippen LogP contribution in [0.25, 0.3) is 11.3 Å². The molecule has 6 nitrogen and oxygen atoms in total. The second kappa shape index (κ2) is 4.94. The van der Waals surface area contributed by atoms with Crippen LogP contribution in [0.4, 0.5) is 20.5 Å². The average Bonchev–Trinajstić information content (AvgIpc) is 3.11. The Labute approximate surface area is 130 Å². The minimum Gasteiger partial charge on any atom is -0.395 e. The van der Waals surface area contributed by atoms with Gasteiger partial charge in [-0.25, -0.2) is 4.98 Å². The zero-order valence-electron chi connectivity index (χ0n) is 12.1. The van der Waals surface area contributed by atoms with Gasteiger partial charge in [0.25, 0.3) is 0 Å². The molecule has 4 rings (SSSR count). The van der Waals surface area contributed by atoms with E-state index in [9.17, 15) is 8.78 Å². The van der Waals surface area contributed by atoms with E-state index in [1.807, 2.05) is 4.90 Å². The van der Waals surface area contributed by atoms with E-state index in [-0.39, 0.29) is 17.3 Å². The van der Waals surface area contributed by atoms with Crippen LogP contribution in [-0.4, -0.2) is 29.4 Å². The number of hydrogen-bond donors (Lipinski definition) is 1. The van der Waals surface area contributed by atoms with Crippen molar-refractivity contribution in [2.24, 2.45) is 0 Å². The fraction of sp³-hybridized carbons (Fsp3) is 0.333. The molecule has 2 N–H and O–H groups in total. The van der Waals surface area contributed by atoms with Gasteiger partial charge in [-0.1, -0.05) is 6.07 Å². The highest BCUT2D eigenvalue weighted by atomic mass is 19.3. The third kappa shape index (κ3) is 2.49. The molecule has 0 bridgehead atoms. The van der Waals surface area contributed by atoms with E-state index >= 15 is 0 Å². The Hall–Kier alpha value is -2.64. The summed E-state index contributed by atoms with van der Waals surface area (Å²) < 4.78 is 35.7. The SMILES string of the molecule is Nc1cc(-c2cccc3c2OC(F)(F)O3)nc(N2CCCC2)n1. The quantitative estimate of drug-likeness (QED) is 0.917. The van der Waals surface area contributed by atoms with Crippen molar-refractivity contribution < 1.29 is 18.3 Å². The Balaban J connectivity index is 1.79. The largest absolute Gasteiger partial charge is 0.586 e. The first-order valence-corrected chi connectivity index (χ1v) is 7.30. The summed E-state index contributed by atoms with van der Waals surface area (Å²) in [5, 5.41) is 0. The Morgan fingerprint density at radius 2 is 1.91 bits per heavy atom. The summed E-state index contributed by atoms with van der Waals surface area (Å²) in [6.45, 7) is 1.71. The van der Waals surface area contributed by atoms with Crippen LogP contribution in [-0.2, 0) is 0 Å². The van der Waals surface area contributed by atoms with Gasteiger partial charge in [-0.15, -0.1) is 8.78 Å². The molecule has 0 saturated carbocycles. The number of ether oxygens (including phenoxy) is 2. The molecule has 2 aliphatic heterocycles. The average molecular weight is 320 g/mol. The number of para-hydroxylation sites is 1. The molecule has 2 aliphatic rings. The summed E-state index contributed by atoms with van der Waals surface area (Å²) in [5.74, 6) is 0.719. The van der Waals surface area contributed by atoms with Crippen molar-refractivity contribution in [3.05, 3.63) is 24.3 Å². The summed E-state index contributed by atoms with van der Waals surface area (Å²) >= 11 is 0. The van der Waals surface area contributed by atoms with Crippen LogP contribution < -0.4 is 20.1 Å². The molecule has 23 heavy (non-hydrogen) atoms. The molecule has 2 aromatic rings. The van der Waals surface area contributed by atoms with Gasteiger partial charge in [0.15, 0.2) is 11.5 Å². The number of rotatable bonds is 2. The summed E-state index contributed by atoms with van der Waals surface area (Å²) in [5.41, 5.74) is 6.69. The van der Waals surface area contributed by atoms with E-state index in [0.29, 0.717) is 17.2 Å². The van der Waals surface area contributed by atoms with Crippen molar-refractivity contribution in [1.82, 2.24) is 9.97 Å². The summed E-state index contributed by atoms with van der Waals surface area (Å²) in [6, 6.07) is 6.20. The highest BCUT2D eigenvalue weighted by Gasteiger charge is 2.44. The minimum absolute atomic E-state index is 0.0209. The van der Waals surface area contributed by atoms with Crippen molar-refractivity contribution >= 4 is 11.8 Å². The molecular formula is C15H14F2N4O2. The summed E-state index contributed by atoms with van der Waals surface area (Å²) in [4.78, 5) is 10.7.